The molecule has 3 N–H and O–H groups in total. The predicted octanol–water partition coefficient (Wildman–Crippen LogP) is 2.88. The summed E-state index contributed by atoms with van der Waals surface area (Å²) in [4.78, 5) is 37.5. The van der Waals surface area contributed by atoms with Crippen LogP contribution in [0.25, 0.3) is 5.69 Å². The Balaban J connectivity index is 1.72. The van der Waals surface area contributed by atoms with Crippen LogP contribution >= 0.6 is 11.6 Å². The van der Waals surface area contributed by atoms with Crippen LogP contribution in [0, 0.1) is 0 Å². The molecule has 2 aromatic carbocycles. The Bertz CT molecular complexity index is 1070. The molecular weight excluding hydrogens is 368 g/mol. The van der Waals surface area contributed by atoms with Gasteiger partial charge in [0.05, 0.1) is 17.2 Å². The zero-order valence-corrected chi connectivity index (χ0v) is 14.8. The number of hydrogen-bond acceptors (Lipinski definition) is 3. The molecule has 0 radical (unpaired) electrons. The number of para-hydroxylation sites is 1. The lowest BCUT2D eigenvalue weighted by Crippen LogP contribution is -2.33. The molecule has 2 heterocycles. The number of halogens is 1. The molecule has 0 saturated heterocycles. The van der Waals surface area contributed by atoms with E-state index in [1.165, 1.54) is 4.68 Å². The lowest BCUT2D eigenvalue weighted by Gasteiger charge is -2.22. The summed E-state index contributed by atoms with van der Waals surface area (Å²) in [6, 6.07) is 15.7. The second-order valence-electron chi connectivity index (χ2n) is 6.18. The lowest BCUT2D eigenvalue weighted by atomic mass is 9.93. The molecule has 0 bridgehead atoms. The normalized spacial score (nSPS) is 15.7. The van der Waals surface area contributed by atoms with E-state index >= 15 is 0 Å². The lowest BCUT2D eigenvalue weighted by molar-refractivity contribution is -0.123. The number of carbonyl (C=O) groups excluding carboxylic acids is 2. The molecule has 0 unspecified atom stereocenters. The van der Waals surface area contributed by atoms with Gasteiger partial charge < -0.3 is 10.6 Å². The minimum Gasteiger partial charge on any atom is -0.326 e. The standard InChI is InChI=1S/C19H15ClN4O3/c20-11-6-8-12(9-7-11)21-18(26)14-10-15(25)22-17-16(14)19(27)23-24(17)13-4-2-1-3-5-13/h1-9,14H,10H2,(H,21,26)(H,22,25)(H,23,27)/t14-/m1/s1. The summed E-state index contributed by atoms with van der Waals surface area (Å²) in [7, 11) is 0. The summed E-state index contributed by atoms with van der Waals surface area (Å²) in [5.74, 6) is -1.36. The zero-order chi connectivity index (χ0) is 19.0. The third-order valence-corrected chi connectivity index (χ3v) is 4.63. The number of benzene rings is 2. The summed E-state index contributed by atoms with van der Waals surface area (Å²) in [5.41, 5.74) is 1.04. The van der Waals surface area contributed by atoms with Gasteiger partial charge >= 0.3 is 0 Å². The van der Waals surface area contributed by atoms with Gasteiger partial charge in [0.2, 0.25) is 11.8 Å². The minimum atomic E-state index is -0.891. The number of nitrogens with one attached hydrogen (secondary N) is 3. The Kier molecular flexibility index (Phi) is 4.29. The first-order valence-electron chi connectivity index (χ1n) is 8.29. The van der Waals surface area contributed by atoms with E-state index in [-0.39, 0.29) is 17.9 Å². The van der Waals surface area contributed by atoms with Gasteiger partial charge in [-0.3, -0.25) is 19.5 Å². The molecule has 0 fully saturated rings. The fourth-order valence-corrected chi connectivity index (χ4v) is 3.25. The molecule has 1 atom stereocenters. The molecule has 0 aliphatic carbocycles. The van der Waals surface area contributed by atoms with Crippen molar-refractivity contribution < 1.29 is 9.59 Å². The topological polar surface area (TPSA) is 96.0 Å². The van der Waals surface area contributed by atoms with Crippen molar-refractivity contribution >= 4 is 34.9 Å². The van der Waals surface area contributed by atoms with Gasteiger partial charge in [-0.15, -0.1) is 0 Å². The number of nitrogens with zero attached hydrogens (tertiary/aromatic N) is 1. The van der Waals surface area contributed by atoms with Crippen LogP contribution in [-0.4, -0.2) is 21.6 Å². The summed E-state index contributed by atoms with van der Waals surface area (Å²) < 4.78 is 1.48. The largest absolute Gasteiger partial charge is 0.326 e. The number of hydrogen-bond donors (Lipinski definition) is 3. The molecule has 7 nitrogen and oxygen atoms in total. The van der Waals surface area contributed by atoms with Crippen LogP contribution in [0.4, 0.5) is 11.5 Å². The second kappa shape index (κ2) is 6.77. The summed E-state index contributed by atoms with van der Waals surface area (Å²) in [6.45, 7) is 0. The molecule has 1 aliphatic heterocycles. The Morgan fingerprint density at radius 2 is 1.78 bits per heavy atom. The maximum atomic E-state index is 12.8. The number of aromatic nitrogens is 2. The predicted molar refractivity (Wildman–Crippen MR) is 102 cm³/mol. The third-order valence-electron chi connectivity index (χ3n) is 4.38. The summed E-state index contributed by atoms with van der Waals surface area (Å²) in [5, 5.41) is 8.68. The van der Waals surface area contributed by atoms with Gasteiger partial charge in [-0.1, -0.05) is 29.8 Å². The van der Waals surface area contributed by atoms with Gasteiger partial charge in [-0.05, 0) is 36.4 Å². The summed E-state index contributed by atoms with van der Waals surface area (Å²) in [6.07, 6.45) is -0.103. The number of aromatic amines is 1. The highest BCUT2D eigenvalue weighted by atomic mass is 35.5. The fourth-order valence-electron chi connectivity index (χ4n) is 3.12. The van der Waals surface area contributed by atoms with Crippen molar-refractivity contribution in [3.8, 4) is 5.69 Å². The molecule has 3 aromatic rings. The van der Waals surface area contributed by atoms with Gasteiger partial charge in [-0.2, -0.15) is 0 Å². The van der Waals surface area contributed by atoms with Gasteiger partial charge in [0.25, 0.3) is 5.56 Å². The zero-order valence-electron chi connectivity index (χ0n) is 14.0. The number of H-pyrrole nitrogens is 1. The van der Waals surface area contributed by atoms with E-state index in [2.05, 4.69) is 15.7 Å². The van der Waals surface area contributed by atoms with Crippen molar-refractivity contribution in [3.05, 3.63) is 75.5 Å². The second-order valence-corrected chi connectivity index (χ2v) is 6.61. The average molecular weight is 383 g/mol. The van der Waals surface area contributed by atoms with E-state index < -0.39 is 17.4 Å². The first-order chi connectivity index (χ1) is 13.0. The van der Waals surface area contributed by atoms with Crippen molar-refractivity contribution in [1.29, 1.82) is 0 Å². The molecular formula is C19H15ClN4O3. The van der Waals surface area contributed by atoms with Crippen LogP contribution in [0.2, 0.25) is 5.02 Å². The van der Waals surface area contributed by atoms with Crippen LogP contribution < -0.4 is 16.2 Å². The van der Waals surface area contributed by atoms with E-state index in [4.69, 9.17) is 11.6 Å². The van der Waals surface area contributed by atoms with E-state index in [0.29, 0.717) is 22.2 Å². The Hall–Kier alpha value is -3.32. The first kappa shape index (κ1) is 17.1. The number of anilines is 2. The van der Waals surface area contributed by atoms with Crippen molar-refractivity contribution in [2.24, 2.45) is 0 Å². The van der Waals surface area contributed by atoms with E-state index in [0.717, 1.165) is 0 Å². The molecule has 4 rings (SSSR count). The molecule has 27 heavy (non-hydrogen) atoms. The molecule has 1 aromatic heterocycles. The number of carbonyl (C=O) groups is 2. The van der Waals surface area contributed by atoms with Crippen molar-refractivity contribution in [2.75, 3.05) is 10.6 Å². The average Bonchev–Trinajstić information content (AvgIpc) is 3.00. The quantitative estimate of drug-likeness (QED) is 0.649. The van der Waals surface area contributed by atoms with Crippen LogP contribution in [0.1, 0.15) is 17.9 Å². The van der Waals surface area contributed by atoms with E-state index in [1.54, 1.807) is 36.4 Å². The molecule has 2 amide bonds. The van der Waals surface area contributed by atoms with Gasteiger partial charge in [0.1, 0.15) is 5.82 Å². The van der Waals surface area contributed by atoms with E-state index in [1.807, 2.05) is 18.2 Å². The smallest absolute Gasteiger partial charge is 0.270 e. The Morgan fingerprint density at radius 3 is 2.48 bits per heavy atom. The van der Waals surface area contributed by atoms with Gasteiger partial charge in [0, 0.05) is 17.1 Å². The molecule has 0 spiro atoms. The third kappa shape index (κ3) is 3.24. The number of fused-ring (bicyclic) bond motifs is 1. The fraction of sp³-hybridized carbons (Fsp3) is 0.105. The van der Waals surface area contributed by atoms with Crippen molar-refractivity contribution in [1.82, 2.24) is 9.78 Å². The van der Waals surface area contributed by atoms with Gasteiger partial charge in [0.15, 0.2) is 0 Å². The van der Waals surface area contributed by atoms with Crippen LogP contribution in [-0.2, 0) is 9.59 Å². The molecule has 136 valence electrons. The molecule has 8 heteroatoms. The molecule has 0 saturated carbocycles. The van der Waals surface area contributed by atoms with Crippen LogP contribution in [0.5, 0.6) is 0 Å². The maximum absolute atomic E-state index is 12.8. The summed E-state index contributed by atoms with van der Waals surface area (Å²) >= 11 is 5.85. The van der Waals surface area contributed by atoms with Crippen LogP contribution in [0.15, 0.2) is 59.4 Å². The Morgan fingerprint density at radius 1 is 1.07 bits per heavy atom. The number of rotatable bonds is 3. The first-order valence-corrected chi connectivity index (χ1v) is 8.67. The SMILES string of the molecule is O=C1C[C@@H](C(=O)Nc2ccc(Cl)cc2)c2c(n(-c3ccccc3)[nH]c2=O)N1. The highest BCUT2D eigenvalue weighted by Crippen LogP contribution is 2.32. The maximum Gasteiger partial charge on any atom is 0.270 e. The van der Waals surface area contributed by atoms with Crippen molar-refractivity contribution in [3.63, 3.8) is 0 Å². The van der Waals surface area contributed by atoms with Crippen molar-refractivity contribution in [2.45, 2.75) is 12.3 Å². The highest BCUT2D eigenvalue weighted by molar-refractivity contribution is 6.30. The number of amides is 2. The van der Waals surface area contributed by atoms with Gasteiger partial charge in [-0.25, -0.2) is 4.68 Å². The highest BCUT2D eigenvalue weighted by Gasteiger charge is 2.36. The molecule has 1 aliphatic rings. The Labute approximate surface area is 158 Å². The van der Waals surface area contributed by atoms with Crippen LogP contribution in [0.3, 0.4) is 0 Å². The minimum absolute atomic E-state index is 0.103. The monoisotopic (exact) mass is 382 g/mol. The van der Waals surface area contributed by atoms with E-state index in [9.17, 15) is 14.4 Å².